The molecule has 2 aromatic heterocycles. The molecular weight excluding hydrogens is 250 g/mol. The summed E-state index contributed by atoms with van der Waals surface area (Å²) in [4.78, 5) is 4.43. The van der Waals surface area contributed by atoms with Crippen LogP contribution in [0.4, 0.5) is 0 Å². The van der Waals surface area contributed by atoms with Crippen molar-refractivity contribution in [2.24, 2.45) is 0 Å². The first kappa shape index (κ1) is 12.4. The highest BCUT2D eigenvalue weighted by atomic mass is 16.3. The number of pyridine rings is 1. The first-order valence-corrected chi connectivity index (χ1v) is 6.34. The van der Waals surface area contributed by atoms with Crippen LogP contribution in [0.5, 0.6) is 0 Å². The number of benzene rings is 1. The van der Waals surface area contributed by atoms with Crippen molar-refractivity contribution in [1.29, 1.82) is 5.26 Å². The van der Waals surface area contributed by atoms with Crippen molar-refractivity contribution in [2.75, 3.05) is 7.05 Å². The largest absolute Gasteiger partial charge is 0.467 e. The lowest BCUT2D eigenvalue weighted by Crippen LogP contribution is -2.05. The second-order valence-electron chi connectivity index (χ2n) is 4.48. The van der Waals surface area contributed by atoms with Gasteiger partial charge in [0.2, 0.25) is 0 Å². The van der Waals surface area contributed by atoms with E-state index < -0.39 is 0 Å². The Morgan fingerprint density at radius 2 is 2.10 bits per heavy atom. The Morgan fingerprint density at radius 1 is 1.25 bits per heavy atom. The molecule has 0 aliphatic heterocycles. The van der Waals surface area contributed by atoms with Crippen LogP contribution in [0, 0.1) is 11.3 Å². The fourth-order valence-electron chi connectivity index (χ4n) is 2.28. The molecule has 0 spiro atoms. The highest BCUT2D eigenvalue weighted by Gasteiger charge is 2.14. The van der Waals surface area contributed by atoms with E-state index in [0.29, 0.717) is 12.2 Å². The summed E-state index contributed by atoms with van der Waals surface area (Å²) in [6, 6.07) is 13.8. The monoisotopic (exact) mass is 263 g/mol. The zero-order valence-corrected chi connectivity index (χ0v) is 11.1. The standard InChI is InChI=1S/C16H13N3O/c1-18-10-16-12(6-7-20-16)13-8-11-4-2-3-5-14(11)19-15(13)9-17/h2-8,18H,10H2,1H3. The molecule has 0 saturated heterocycles. The van der Waals surface area contributed by atoms with Gasteiger partial charge >= 0.3 is 0 Å². The normalized spacial score (nSPS) is 10.6. The molecule has 0 amide bonds. The highest BCUT2D eigenvalue weighted by Crippen LogP contribution is 2.29. The van der Waals surface area contributed by atoms with Gasteiger partial charge in [0, 0.05) is 16.5 Å². The number of para-hydroxylation sites is 1. The number of nitrogens with one attached hydrogen (secondary N) is 1. The Hall–Kier alpha value is -2.64. The summed E-state index contributed by atoms with van der Waals surface area (Å²) >= 11 is 0. The number of nitrogens with zero attached hydrogens (tertiary/aromatic N) is 2. The molecule has 1 aromatic carbocycles. The molecule has 98 valence electrons. The zero-order valence-electron chi connectivity index (χ0n) is 11.1. The summed E-state index contributed by atoms with van der Waals surface area (Å²) in [6.45, 7) is 0.611. The Balaban J connectivity index is 2.24. The molecule has 0 unspecified atom stereocenters. The van der Waals surface area contributed by atoms with E-state index in [9.17, 15) is 5.26 Å². The van der Waals surface area contributed by atoms with E-state index >= 15 is 0 Å². The van der Waals surface area contributed by atoms with E-state index in [4.69, 9.17) is 4.42 Å². The first-order valence-electron chi connectivity index (χ1n) is 6.34. The van der Waals surface area contributed by atoms with Crippen LogP contribution < -0.4 is 5.32 Å². The predicted molar refractivity (Wildman–Crippen MR) is 76.9 cm³/mol. The van der Waals surface area contributed by atoms with E-state index in [1.54, 1.807) is 6.26 Å². The summed E-state index contributed by atoms with van der Waals surface area (Å²) in [6.07, 6.45) is 1.64. The van der Waals surface area contributed by atoms with Gasteiger partial charge in [-0.3, -0.25) is 0 Å². The van der Waals surface area contributed by atoms with Crippen molar-refractivity contribution in [3.05, 3.63) is 54.1 Å². The second-order valence-corrected chi connectivity index (χ2v) is 4.48. The van der Waals surface area contributed by atoms with Crippen LogP contribution in [0.2, 0.25) is 0 Å². The minimum absolute atomic E-state index is 0.419. The lowest BCUT2D eigenvalue weighted by atomic mass is 10.0. The van der Waals surface area contributed by atoms with E-state index in [1.165, 1.54) is 0 Å². The van der Waals surface area contributed by atoms with E-state index in [1.807, 2.05) is 43.4 Å². The van der Waals surface area contributed by atoms with Crippen molar-refractivity contribution in [3.63, 3.8) is 0 Å². The molecule has 0 fully saturated rings. The molecule has 4 nitrogen and oxygen atoms in total. The summed E-state index contributed by atoms with van der Waals surface area (Å²) in [5.41, 5.74) is 2.97. The predicted octanol–water partition coefficient (Wildman–Crippen LogP) is 3.09. The Labute approximate surface area is 116 Å². The van der Waals surface area contributed by atoms with Crippen molar-refractivity contribution in [1.82, 2.24) is 10.3 Å². The van der Waals surface area contributed by atoms with Crippen LogP contribution in [0.1, 0.15) is 11.5 Å². The van der Waals surface area contributed by atoms with Crippen LogP contribution in [0.25, 0.3) is 22.0 Å². The fourth-order valence-corrected chi connectivity index (χ4v) is 2.28. The summed E-state index contributed by atoms with van der Waals surface area (Å²) < 4.78 is 5.47. The molecule has 3 aromatic rings. The average Bonchev–Trinajstić information content (AvgIpc) is 2.94. The number of aromatic nitrogens is 1. The summed E-state index contributed by atoms with van der Waals surface area (Å²) in [5, 5.41) is 13.4. The van der Waals surface area contributed by atoms with Gasteiger partial charge < -0.3 is 9.73 Å². The third kappa shape index (κ3) is 2.04. The maximum Gasteiger partial charge on any atom is 0.149 e. The quantitative estimate of drug-likeness (QED) is 0.788. The zero-order chi connectivity index (χ0) is 13.9. The SMILES string of the molecule is CNCc1occc1-c1cc2ccccc2nc1C#N. The molecule has 4 heteroatoms. The van der Waals surface area contributed by atoms with E-state index in [0.717, 1.165) is 27.8 Å². The average molecular weight is 263 g/mol. The molecule has 1 N–H and O–H groups in total. The van der Waals surface area contributed by atoms with E-state index in [-0.39, 0.29) is 0 Å². The van der Waals surface area contributed by atoms with Crippen molar-refractivity contribution >= 4 is 10.9 Å². The molecular formula is C16H13N3O. The number of fused-ring (bicyclic) bond motifs is 1. The molecule has 0 saturated carbocycles. The van der Waals surface area contributed by atoms with Crippen LogP contribution in [-0.4, -0.2) is 12.0 Å². The fraction of sp³-hybridized carbons (Fsp3) is 0.125. The van der Waals surface area contributed by atoms with Gasteiger partial charge in [-0.2, -0.15) is 5.26 Å². The summed E-state index contributed by atoms with van der Waals surface area (Å²) in [5.74, 6) is 0.807. The molecule has 0 aliphatic rings. The topological polar surface area (TPSA) is 61.9 Å². The van der Waals surface area contributed by atoms with Crippen LogP contribution >= 0.6 is 0 Å². The first-order chi connectivity index (χ1) is 9.83. The molecule has 0 atom stereocenters. The van der Waals surface area contributed by atoms with Crippen LogP contribution in [-0.2, 0) is 6.54 Å². The van der Waals surface area contributed by atoms with Crippen LogP contribution in [0.15, 0.2) is 47.1 Å². The third-order valence-corrected chi connectivity index (χ3v) is 3.20. The number of hydrogen-bond acceptors (Lipinski definition) is 4. The van der Waals surface area contributed by atoms with Crippen LogP contribution in [0.3, 0.4) is 0 Å². The maximum absolute atomic E-state index is 9.34. The number of nitriles is 1. The van der Waals surface area contributed by atoms with Gasteiger partial charge in [0.15, 0.2) is 0 Å². The lowest BCUT2D eigenvalue weighted by Gasteiger charge is -2.06. The Kier molecular flexibility index (Phi) is 3.20. The van der Waals surface area contributed by atoms with Gasteiger partial charge in [-0.1, -0.05) is 18.2 Å². The minimum Gasteiger partial charge on any atom is -0.467 e. The molecule has 0 radical (unpaired) electrons. The Morgan fingerprint density at radius 3 is 2.90 bits per heavy atom. The van der Waals surface area contributed by atoms with Crippen molar-refractivity contribution < 1.29 is 4.42 Å². The molecule has 20 heavy (non-hydrogen) atoms. The van der Waals surface area contributed by atoms with Gasteiger partial charge in [-0.05, 0) is 25.2 Å². The molecule has 3 rings (SSSR count). The van der Waals surface area contributed by atoms with E-state index in [2.05, 4.69) is 16.4 Å². The smallest absolute Gasteiger partial charge is 0.149 e. The number of rotatable bonds is 3. The Bertz CT molecular complexity index is 799. The number of furan rings is 1. The maximum atomic E-state index is 9.34. The lowest BCUT2D eigenvalue weighted by molar-refractivity contribution is 0.497. The van der Waals surface area contributed by atoms with Gasteiger partial charge in [-0.25, -0.2) is 4.98 Å². The van der Waals surface area contributed by atoms with Gasteiger partial charge in [0.05, 0.1) is 18.3 Å². The van der Waals surface area contributed by atoms with Gasteiger partial charge in [-0.15, -0.1) is 0 Å². The molecule has 0 bridgehead atoms. The molecule has 2 heterocycles. The molecule has 0 aliphatic carbocycles. The van der Waals surface area contributed by atoms with Crippen molar-refractivity contribution in [2.45, 2.75) is 6.54 Å². The third-order valence-electron chi connectivity index (χ3n) is 3.20. The second kappa shape index (κ2) is 5.16. The highest BCUT2D eigenvalue weighted by molar-refractivity contribution is 5.86. The minimum atomic E-state index is 0.419. The van der Waals surface area contributed by atoms with Gasteiger partial charge in [0.25, 0.3) is 0 Å². The van der Waals surface area contributed by atoms with Crippen molar-refractivity contribution in [3.8, 4) is 17.2 Å². The van der Waals surface area contributed by atoms with Gasteiger partial charge in [0.1, 0.15) is 17.5 Å². The summed E-state index contributed by atoms with van der Waals surface area (Å²) in [7, 11) is 1.86. The number of hydrogen-bond donors (Lipinski definition) is 1.